The highest BCUT2D eigenvalue weighted by Crippen LogP contribution is 2.20. The summed E-state index contributed by atoms with van der Waals surface area (Å²) in [6.45, 7) is 4.51. The summed E-state index contributed by atoms with van der Waals surface area (Å²) in [6.07, 6.45) is 2.34. The quantitative estimate of drug-likeness (QED) is 0.614. The van der Waals surface area contributed by atoms with Gasteiger partial charge < -0.3 is 15.2 Å². The van der Waals surface area contributed by atoms with Crippen LogP contribution >= 0.6 is 0 Å². The molecular weight excluding hydrogens is 264 g/mol. The van der Waals surface area contributed by atoms with E-state index in [4.69, 9.17) is 5.11 Å². The van der Waals surface area contributed by atoms with Gasteiger partial charge in [0.1, 0.15) is 12.7 Å². The largest absolute Gasteiger partial charge is 0.481 e. The lowest BCUT2D eigenvalue weighted by Gasteiger charge is -2.14. The summed E-state index contributed by atoms with van der Waals surface area (Å²) in [4.78, 5) is 27.2. The van der Waals surface area contributed by atoms with Crippen LogP contribution in [-0.2, 0) is 11.3 Å². The predicted octanol–water partition coefficient (Wildman–Crippen LogP) is 0.896. The summed E-state index contributed by atoms with van der Waals surface area (Å²) in [6, 6.07) is 0. The number of likely N-dealkylation sites (tertiary alicyclic amines) is 1. The Morgan fingerprint density at radius 3 is 3.00 bits per heavy atom. The van der Waals surface area contributed by atoms with E-state index >= 15 is 0 Å². The second-order valence-corrected chi connectivity index (χ2v) is 5.13. The molecule has 110 valence electrons. The minimum Gasteiger partial charge on any atom is -0.481 e. The summed E-state index contributed by atoms with van der Waals surface area (Å²) < 4.78 is 1.59. The molecule has 1 aromatic rings. The van der Waals surface area contributed by atoms with Crippen molar-refractivity contribution in [1.29, 1.82) is 0 Å². The van der Waals surface area contributed by atoms with Crippen LogP contribution in [0, 0.1) is 23.0 Å². The van der Waals surface area contributed by atoms with E-state index in [-0.39, 0.29) is 18.2 Å². The molecule has 0 spiro atoms. The molecule has 1 aliphatic heterocycles. The molecule has 0 amide bonds. The molecule has 1 atom stereocenters. The average Bonchev–Trinajstić information content (AvgIpc) is 2.93. The van der Waals surface area contributed by atoms with E-state index in [0.29, 0.717) is 18.9 Å². The number of carboxylic acid groups (broad SMARTS) is 1. The molecule has 1 N–H and O–H groups in total. The Morgan fingerprint density at radius 2 is 2.35 bits per heavy atom. The molecule has 0 saturated carbocycles. The molecule has 0 aromatic carbocycles. The fraction of sp³-hybridized carbons (Fsp3) is 0.667. The van der Waals surface area contributed by atoms with Gasteiger partial charge in [0.15, 0.2) is 5.82 Å². The second-order valence-electron chi connectivity index (χ2n) is 5.13. The van der Waals surface area contributed by atoms with Crippen molar-refractivity contribution >= 4 is 11.8 Å². The molecule has 1 aliphatic rings. The Hall–Kier alpha value is -1.96. The lowest BCUT2D eigenvalue weighted by molar-refractivity contribution is -0.392. The Bertz CT molecular complexity index is 514. The number of aliphatic carboxylic acids is 1. The van der Waals surface area contributed by atoms with Crippen LogP contribution in [-0.4, -0.2) is 50.1 Å². The van der Waals surface area contributed by atoms with Gasteiger partial charge in [-0.1, -0.05) is 0 Å². The molecule has 2 heterocycles. The summed E-state index contributed by atoms with van der Waals surface area (Å²) >= 11 is 0. The van der Waals surface area contributed by atoms with Gasteiger partial charge in [-0.2, -0.15) is 0 Å². The smallest absolute Gasteiger partial charge is 0.342 e. The fourth-order valence-corrected chi connectivity index (χ4v) is 2.65. The SMILES string of the molecule is Cc1ncc([N+](=O)[O-])n1CCN1CCC(CC(=O)O)C1. The molecule has 1 fully saturated rings. The Labute approximate surface area is 116 Å². The van der Waals surface area contributed by atoms with Gasteiger partial charge in [0.05, 0.1) is 0 Å². The van der Waals surface area contributed by atoms with Gasteiger partial charge in [-0.15, -0.1) is 0 Å². The van der Waals surface area contributed by atoms with Gasteiger partial charge >= 0.3 is 11.8 Å². The van der Waals surface area contributed by atoms with Crippen molar-refractivity contribution in [1.82, 2.24) is 14.5 Å². The van der Waals surface area contributed by atoms with Crippen molar-refractivity contribution in [2.75, 3.05) is 19.6 Å². The lowest BCUT2D eigenvalue weighted by Crippen LogP contribution is -2.26. The van der Waals surface area contributed by atoms with E-state index in [1.165, 1.54) is 6.20 Å². The average molecular weight is 282 g/mol. The number of aromatic nitrogens is 2. The highest BCUT2D eigenvalue weighted by molar-refractivity contribution is 5.67. The van der Waals surface area contributed by atoms with Crippen LogP contribution in [0.25, 0.3) is 0 Å². The summed E-state index contributed by atoms with van der Waals surface area (Å²) in [5, 5.41) is 19.6. The van der Waals surface area contributed by atoms with Crippen LogP contribution in [0.3, 0.4) is 0 Å². The van der Waals surface area contributed by atoms with Crippen LogP contribution in [0.15, 0.2) is 6.20 Å². The molecule has 8 nitrogen and oxygen atoms in total. The molecule has 8 heteroatoms. The molecule has 1 aromatic heterocycles. The summed E-state index contributed by atoms with van der Waals surface area (Å²) in [7, 11) is 0. The van der Waals surface area contributed by atoms with E-state index in [9.17, 15) is 14.9 Å². The first-order valence-corrected chi connectivity index (χ1v) is 6.58. The maximum atomic E-state index is 10.9. The monoisotopic (exact) mass is 282 g/mol. The number of rotatable bonds is 6. The van der Waals surface area contributed by atoms with Crippen molar-refractivity contribution in [2.24, 2.45) is 5.92 Å². The second kappa shape index (κ2) is 6.00. The van der Waals surface area contributed by atoms with Crippen LogP contribution in [0.1, 0.15) is 18.7 Å². The van der Waals surface area contributed by atoms with Gasteiger partial charge in [-0.3, -0.25) is 9.69 Å². The molecule has 0 bridgehead atoms. The van der Waals surface area contributed by atoms with E-state index in [1.807, 2.05) is 0 Å². The number of aryl methyl sites for hydroxylation is 1. The van der Waals surface area contributed by atoms with Crippen molar-refractivity contribution in [3.8, 4) is 0 Å². The van der Waals surface area contributed by atoms with Crippen LogP contribution in [0.5, 0.6) is 0 Å². The Balaban J connectivity index is 1.89. The third-order valence-electron chi connectivity index (χ3n) is 3.69. The predicted molar refractivity (Wildman–Crippen MR) is 70.4 cm³/mol. The fourth-order valence-electron chi connectivity index (χ4n) is 2.65. The van der Waals surface area contributed by atoms with Crippen LogP contribution in [0.4, 0.5) is 5.82 Å². The first kappa shape index (κ1) is 14.4. The van der Waals surface area contributed by atoms with Gasteiger partial charge in [0.25, 0.3) is 0 Å². The molecule has 1 saturated heterocycles. The van der Waals surface area contributed by atoms with Crippen molar-refractivity contribution in [3.63, 3.8) is 0 Å². The minimum atomic E-state index is -0.766. The zero-order valence-electron chi connectivity index (χ0n) is 11.4. The van der Waals surface area contributed by atoms with E-state index in [1.54, 1.807) is 11.5 Å². The lowest BCUT2D eigenvalue weighted by atomic mass is 10.1. The van der Waals surface area contributed by atoms with Crippen molar-refractivity contribution in [3.05, 3.63) is 22.1 Å². The number of nitrogens with zero attached hydrogens (tertiary/aromatic N) is 4. The molecule has 1 unspecified atom stereocenters. The standard InChI is InChI=1S/C12H18N4O4/c1-9-13-7-11(16(19)20)15(9)5-4-14-3-2-10(8-14)6-12(17)18/h7,10H,2-6,8H2,1H3,(H,17,18). The number of hydrogen-bond acceptors (Lipinski definition) is 5. The molecular formula is C12H18N4O4. The maximum Gasteiger partial charge on any atom is 0.342 e. The van der Waals surface area contributed by atoms with Gasteiger partial charge in [-0.25, -0.2) is 9.55 Å². The molecule has 0 radical (unpaired) electrons. The maximum absolute atomic E-state index is 10.9. The third-order valence-corrected chi connectivity index (χ3v) is 3.69. The van der Waals surface area contributed by atoms with Crippen molar-refractivity contribution < 1.29 is 14.8 Å². The minimum absolute atomic E-state index is 0.00350. The number of hydrogen-bond donors (Lipinski definition) is 1. The van der Waals surface area contributed by atoms with E-state index < -0.39 is 10.9 Å². The number of nitro groups is 1. The van der Waals surface area contributed by atoms with Gasteiger partial charge in [-0.05, 0) is 23.8 Å². The summed E-state index contributed by atoms with van der Waals surface area (Å²) in [5.41, 5.74) is 0. The highest BCUT2D eigenvalue weighted by Gasteiger charge is 2.25. The van der Waals surface area contributed by atoms with Gasteiger partial charge in [0.2, 0.25) is 0 Å². The number of carbonyl (C=O) groups is 1. The number of imidazole rings is 1. The normalized spacial score (nSPS) is 19.4. The summed E-state index contributed by atoms with van der Waals surface area (Å²) in [5.74, 6) is 0.0473. The van der Waals surface area contributed by atoms with Crippen LogP contribution < -0.4 is 0 Å². The van der Waals surface area contributed by atoms with E-state index in [0.717, 1.165) is 19.5 Å². The topological polar surface area (TPSA) is 102 Å². The molecule has 20 heavy (non-hydrogen) atoms. The highest BCUT2D eigenvalue weighted by atomic mass is 16.6. The Morgan fingerprint density at radius 1 is 1.60 bits per heavy atom. The van der Waals surface area contributed by atoms with Crippen molar-refractivity contribution in [2.45, 2.75) is 26.3 Å². The first-order chi connectivity index (χ1) is 9.47. The number of carboxylic acids is 1. The third kappa shape index (κ3) is 3.32. The first-order valence-electron chi connectivity index (χ1n) is 6.58. The van der Waals surface area contributed by atoms with Gasteiger partial charge in [0, 0.05) is 26.4 Å². The molecule has 0 aliphatic carbocycles. The Kier molecular flexibility index (Phi) is 4.33. The zero-order valence-corrected chi connectivity index (χ0v) is 11.4. The zero-order chi connectivity index (χ0) is 14.7. The van der Waals surface area contributed by atoms with Crippen LogP contribution in [0.2, 0.25) is 0 Å². The van der Waals surface area contributed by atoms with E-state index in [2.05, 4.69) is 9.88 Å². The molecule has 2 rings (SSSR count).